The van der Waals surface area contributed by atoms with Crippen LogP contribution in [0.5, 0.6) is 11.5 Å². The van der Waals surface area contributed by atoms with Crippen LogP contribution in [0.2, 0.25) is 0 Å². The van der Waals surface area contributed by atoms with Gasteiger partial charge in [0.1, 0.15) is 0 Å². The molecule has 2 N–H and O–H groups in total. The molecule has 0 saturated carbocycles. The van der Waals surface area contributed by atoms with E-state index in [9.17, 15) is 14.4 Å². The molecule has 8 nitrogen and oxygen atoms in total. The number of thiophene rings is 1. The van der Waals surface area contributed by atoms with Crippen LogP contribution in [-0.2, 0) is 9.59 Å². The summed E-state index contributed by atoms with van der Waals surface area (Å²) in [6, 6.07) is 6.83. The van der Waals surface area contributed by atoms with Gasteiger partial charge in [-0.2, -0.15) is 0 Å². The summed E-state index contributed by atoms with van der Waals surface area (Å²) in [5.41, 5.74) is 6.53. The number of carbonyl (C=O) groups excluding carboxylic acids is 3. The van der Waals surface area contributed by atoms with Crippen molar-refractivity contribution in [3.63, 3.8) is 0 Å². The number of likely N-dealkylation sites (tertiary alicyclic amines) is 1. The number of nitrogens with zero attached hydrogens (tertiary/aromatic N) is 2. The van der Waals surface area contributed by atoms with Gasteiger partial charge in [-0.3, -0.25) is 14.4 Å². The molecule has 2 aliphatic heterocycles. The van der Waals surface area contributed by atoms with Crippen molar-refractivity contribution in [2.45, 2.75) is 24.8 Å². The molecule has 2 atom stereocenters. The smallest absolute Gasteiger partial charge is 0.254 e. The predicted octanol–water partition coefficient (Wildman–Crippen LogP) is 2.40. The topological polar surface area (TPSA) is 102 Å². The van der Waals surface area contributed by atoms with Crippen molar-refractivity contribution >= 4 is 29.1 Å². The summed E-state index contributed by atoms with van der Waals surface area (Å²) in [7, 11) is 4.77. The van der Waals surface area contributed by atoms with Crippen molar-refractivity contribution in [1.82, 2.24) is 9.80 Å². The van der Waals surface area contributed by atoms with Gasteiger partial charge in [-0.1, -0.05) is 6.07 Å². The van der Waals surface area contributed by atoms with E-state index in [0.717, 1.165) is 4.88 Å². The number of piperidine rings is 1. The third-order valence-corrected chi connectivity index (χ3v) is 7.43. The highest BCUT2D eigenvalue weighted by atomic mass is 32.1. The summed E-state index contributed by atoms with van der Waals surface area (Å²) in [5, 5.41) is 1.94. The largest absolute Gasteiger partial charge is 0.493 e. The number of nitrogens with two attached hydrogens (primary N) is 1. The van der Waals surface area contributed by atoms with Crippen molar-refractivity contribution in [3.05, 3.63) is 45.6 Å². The third kappa shape index (κ3) is 3.70. The molecule has 1 saturated heterocycles. The minimum atomic E-state index is -0.601. The zero-order chi connectivity index (χ0) is 23.0. The molecule has 4 rings (SSSR count). The van der Waals surface area contributed by atoms with Gasteiger partial charge < -0.3 is 25.0 Å². The standard InChI is InChI=1S/C23H27N3O5S/c1-25-20(18-5-4-10-32-18)19(23(29)26-8-6-13(7-9-26)21(24)27)14-11-16(30-2)17(31-3)12-15(14)22(25)28/h4-5,10-13,19-20H,6-9H2,1-3H3,(H2,24,27). The highest BCUT2D eigenvalue weighted by Gasteiger charge is 2.45. The second-order valence-corrected chi connectivity index (χ2v) is 9.13. The summed E-state index contributed by atoms with van der Waals surface area (Å²) >= 11 is 1.52. The summed E-state index contributed by atoms with van der Waals surface area (Å²) < 4.78 is 10.9. The zero-order valence-corrected chi connectivity index (χ0v) is 19.2. The molecular weight excluding hydrogens is 430 g/mol. The van der Waals surface area contributed by atoms with Crippen LogP contribution in [0.25, 0.3) is 0 Å². The van der Waals surface area contributed by atoms with Crippen LogP contribution >= 0.6 is 11.3 Å². The number of benzene rings is 1. The minimum absolute atomic E-state index is 0.0702. The molecule has 3 heterocycles. The Hall–Kier alpha value is -3.07. The number of primary amides is 1. The number of ether oxygens (including phenoxy) is 2. The van der Waals surface area contributed by atoms with E-state index in [1.165, 1.54) is 25.6 Å². The number of rotatable bonds is 5. The Kier molecular flexibility index (Phi) is 6.10. The fourth-order valence-electron chi connectivity index (χ4n) is 4.71. The Morgan fingerprint density at radius 1 is 1.12 bits per heavy atom. The van der Waals surface area contributed by atoms with Gasteiger partial charge in [0.25, 0.3) is 5.91 Å². The number of fused-ring (bicyclic) bond motifs is 1. The average Bonchev–Trinajstić information content (AvgIpc) is 3.34. The van der Waals surface area contributed by atoms with Crippen LogP contribution in [0.1, 0.15) is 45.6 Å². The third-order valence-electron chi connectivity index (χ3n) is 6.48. The Labute approximate surface area is 190 Å². The van der Waals surface area contributed by atoms with Gasteiger partial charge in [0.15, 0.2) is 11.5 Å². The highest BCUT2D eigenvalue weighted by molar-refractivity contribution is 7.10. The summed E-state index contributed by atoms with van der Waals surface area (Å²) in [6.07, 6.45) is 1.09. The molecular formula is C23H27N3O5S. The summed E-state index contributed by atoms with van der Waals surface area (Å²) in [4.78, 5) is 43.1. The monoisotopic (exact) mass is 457 g/mol. The molecule has 2 unspecified atom stereocenters. The normalized spacial score (nSPS) is 21.3. The Morgan fingerprint density at radius 3 is 2.34 bits per heavy atom. The fourth-order valence-corrected chi connectivity index (χ4v) is 5.62. The van der Waals surface area contributed by atoms with Gasteiger partial charge in [0.2, 0.25) is 11.8 Å². The number of likely N-dealkylation sites (N-methyl/N-ethyl adjacent to an activating group) is 1. The van der Waals surface area contributed by atoms with E-state index in [1.807, 2.05) is 17.5 Å². The zero-order valence-electron chi connectivity index (χ0n) is 18.4. The molecule has 3 amide bonds. The van der Waals surface area contributed by atoms with Gasteiger partial charge >= 0.3 is 0 Å². The predicted molar refractivity (Wildman–Crippen MR) is 120 cm³/mol. The first-order chi connectivity index (χ1) is 15.4. The minimum Gasteiger partial charge on any atom is -0.493 e. The van der Waals surface area contributed by atoms with Crippen molar-refractivity contribution in [2.75, 3.05) is 34.4 Å². The molecule has 170 valence electrons. The van der Waals surface area contributed by atoms with Crippen LogP contribution in [-0.4, -0.2) is 61.9 Å². The van der Waals surface area contributed by atoms with Crippen LogP contribution < -0.4 is 15.2 Å². The Bertz CT molecular complexity index is 1030. The van der Waals surface area contributed by atoms with Gasteiger partial charge in [0, 0.05) is 36.5 Å². The summed E-state index contributed by atoms with van der Waals surface area (Å²) in [6.45, 7) is 0.917. The Morgan fingerprint density at radius 2 is 1.78 bits per heavy atom. The maximum atomic E-state index is 13.9. The lowest BCUT2D eigenvalue weighted by molar-refractivity contribution is -0.137. The molecule has 0 aliphatic carbocycles. The summed E-state index contributed by atoms with van der Waals surface area (Å²) in [5.74, 6) is -0.459. The molecule has 32 heavy (non-hydrogen) atoms. The molecule has 0 bridgehead atoms. The molecule has 1 aromatic heterocycles. The van der Waals surface area contributed by atoms with Crippen molar-refractivity contribution in [2.24, 2.45) is 11.7 Å². The first kappa shape index (κ1) is 22.1. The maximum Gasteiger partial charge on any atom is 0.254 e. The van der Waals surface area contributed by atoms with Gasteiger partial charge in [-0.15, -0.1) is 11.3 Å². The number of hydrogen-bond donors (Lipinski definition) is 1. The first-order valence-electron chi connectivity index (χ1n) is 10.5. The van der Waals surface area contributed by atoms with E-state index in [1.54, 1.807) is 29.0 Å². The van der Waals surface area contributed by atoms with Gasteiger partial charge in [-0.25, -0.2) is 0 Å². The number of hydrogen-bond acceptors (Lipinski definition) is 6. The quantitative estimate of drug-likeness (QED) is 0.743. The fraction of sp³-hybridized carbons (Fsp3) is 0.435. The molecule has 9 heteroatoms. The number of carbonyl (C=O) groups is 3. The van der Waals surface area contributed by atoms with E-state index in [2.05, 4.69) is 0 Å². The first-order valence-corrected chi connectivity index (χ1v) is 11.4. The lowest BCUT2D eigenvalue weighted by Crippen LogP contribution is -2.49. The number of methoxy groups -OCH3 is 2. The van der Waals surface area contributed by atoms with Crippen molar-refractivity contribution < 1.29 is 23.9 Å². The van der Waals surface area contributed by atoms with Crippen LogP contribution in [0.4, 0.5) is 0 Å². The second kappa shape index (κ2) is 8.82. The lowest BCUT2D eigenvalue weighted by Gasteiger charge is -2.42. The Balaban J connectivity index is 1.79. The maximum absolute atomic E-state index is 13.9. The molecule has 0 radical (unpaired) electrons. The van der Waals surface area contributed by atoms with Crippen LogP contribution in [0.15, 0.2) is 29.6 Å². The molecule has 0 spiro atoms. The average molecular weight is 458 g/mol. The molecule has 2 aromatic rings. The number of amides is 3. The van der Waals surface area contributed by atoms with E-state index in [4.69, 9.17) is 15.2 Å². The SMILES string of the molecule is COc1cc2c(cc1OC)C(C(=O)N1CCC(C(N)=O)CC1)C(c1cccs1)N(C)C2=O. The molecule has 2 aliphatic rings. The van der Waals surface area contributed by atoms with E-state index < -0.39 is 12.0 Å². The van der Waals surface area contributed by atoms with Crippen molar-refractivity contribution in [3.8, 4) is 11.5 Å². The van der Waals surface area contributed by atoms with E-state index >= 15 is 0 Å². The van der Waals surface area contributed by atoms with E-state index in [0.29, 0.717) is 48.6 Å². The highest BCUT2D eigenvalue weighted by Crippen LogP contribution is 2.47. The van der Waals surface area contributed by atoms with Gasteiger partial charge in [-0.05, 0) is 42.0 Å². The second-order valence-electron chi connectivity index (χ2n) is 8.15. The van der Waals surface area contributed by atoms with Crippen LogP contribution in [0, 0.1) is 5.92 Å². The lowest BCUT2D eigenvalue weighted by atomic mass is 9.80. The van der Waals surface area contributed by atoms with Crippen LogP contribution in [0.3, 0.4) is 0 Å². The van der Waals surface area contributed by atoms with Crippen molar-refractivity contribution in [1.29, 1.82) is 0 Å². The molecule has 1 aromatic carbocycles. The molecule has 1 fully saturated rings. The van der Waals surface area contributed by atoms with E-state index in [-0.39, 0.29) is 23.6 Å². The van der Waals surface area contributed by atoms with Gasteiger partial charge in [0.05, 0.1) is 26.2 Å².